The van der Waals surface area contributed by atoms with E-state index in [-0.39, 0.29) is 12.5 Å². The van der Waals surface area contributed by atoms with Crippen LogP contribution in [0.2, 0.25) is 0 Å². The van der Waals surface area contributed by atoms with Crippen LogP contribution in [-0.2, 0) is 14.3 Å². The van der Waals surface area contributed by atoms with Crippen molar-refractivity contribution in [1.29, 1.82) is 0 Å². The molecule has 0 aromatic heterocycles. The van der Waals surface area contributed by atoms with Crippen molar-refractivity contribution in [3.8, 4) is 0 Å². The highest BCUT2D eigenvalue weighted by Crippen LogP contribution is 2.32. The summed E-state index contributed by atoms with van der Waals surface area (Å²) >= 11 is 0. The van der Waals surface area contributed by atoms with Gasteiger partial charge in [0.1, 0.15) is 12.2 Å². The van der Waals surface area contributed by atoms with Gasteiger partial charge in [-0.3, -0.25) is 4.79 Å². The van der Waals surface area contributed by atoms with Gasteiger partial charge in [0.15, 0.2) is 5.79 Å². The van der Waals surface area contributed by atoms with E-state index in [2.05, 4.69) is 5.32 Å². The van der Waals surface area contributed by atoms with E-state index in [1.807, 2.05) is 0 Å². The highest BCUT2D eigenvalue weighted by atomic mass is 16.8. The highest BCUT2D eigenvalue weighted by molar-refractivity contribution is 5.77. The molecule has 0 aliphatic carbocycles. The molecule has 6 heteroatoms. The molecule has 0 saturated carbocycles. The number of aliphatic hydroxyl groups excluding tert-OH is 2. The summed E-state index contributed by atoms with van der Waals surface area (Å²) in [6.07, 6.45) is -0.977. The first-order chi connectivity index (χ1) is 7.93. The molecule has 4 atom stereocenters. The fourth-order valence-corrected chi connectivity index (χ4v) is 2.42. The van der Waals surface area contributed by atoms with E-state index in [1.165, 1.54) is 0 Å². The quantitative estimate of drug-likeness (QED) is 0.589. The average molecular weight is 245 g/mol. The van der Waals surface area contributed by atoms with Crippen molar-refractivity contribution in [2.45, 2.75) is 56.8 Å². The molecule has 2 aliphatic rings. The Morgan fingerprint density at radius 3 is 2.82 bits per heavy atom. The lowest BCUT2D eigenvalue weighted by atomic mass is 9.93. The van der Waals surface area contributed by atoms with E-state index in [9.17, 15) is 15.0 Å². The van der Waals surface area contributed by atoms with E-state index in [0.717, 1.165) is 0 Å². The van der Waals surface area contributed by atoms with Crippen LogP contribution in [0, 0.1) is 0 Å². The Labute approximate surface area is 99.9 Å². The number of amides is 1. The van der Waals surface area contributed by atoms with Crippen LogP contribution in [0.25, 0.3) is 0 Å². The number of piperidine rings is 1. The number of carbonyl (C=O) groups is 1. The summed E-state index contributed by atoms with van der Waals surface area (Å²) < 4.78 is 11.2. The third-order valence-corrected chi connectivity index (χ3v) is 3.16. The van der Waals surface area contributed by atoms with Crippen LogP contribution in [0.4, 0.5) is 0 Å². The molecule has 0 aromatic carbocycles. The zero-order valence-corrected chi connectivity index (χ0v) is 10.0. The molecule has 3 N–H and O–H groups in total. The van der Waals surface area contributed by atoms with Gasteiger partial charge in [-0.15, -0.1) is 0 Å². The zero-order valence-electron chi connectivity index (χ0n) is 10.0. The van der Waals surface area contributed by atoms with E-state index >= 15 is 0 Å². The SMILES string of the molecule is CC1(C)O[C@@H]([C@H]2NC(=O)CC[C@@H]2O)[C@H](CO)O1. The molecule has 0 spiro atoms. The Bertz CT molecular complexity index is 306. The van der Waals surface area contributed by atoms with Gasteiger partial charge in [-0.25, -0.2) is 0 Å². The van der Waals surface area contributed by atoms with Crippen molar-refractivity contribution in [3.05, 3.63) is 0 Å². The van der Waals surface area contributed by atoms with Crippen molar-refractivity contribution in [2.75, 3.05) is 6.61 Å². The molecular formula is C11H19NO5. The first-order valence-electron chi connectivity index (χ1n) is 5.87. The van der Waals surface area contributed by atoms with Crippen molar-refractivity contribution >= 4 is 5.91 Å². The van der Waals surface area contributed by atoms with Crippen molar-refractivity contribution in [2.24, 2.45) is 0 Å². The molecule has 0 unspecified atom stereocenters. The second kappa shape index (κ2) is 4.53. The molecule has 2 rings (SSSR count). The summed E-state index contributed by atoms with van der Waals surface area (Å²) in [5, 5.41) is 21.9. The maximum atomic E-state index is 11.4. The lowest BCUT2D eigenvalue weighted by Crippen LogP contribution is -2.57. The van der Waals surface area contributed by atoms with Crippen molar-refractivity contribution < 1.29 is 24.5 Å². The first kappa shape index (κ1) is 12.8. The van der Waals surface area contributed by atoms with E-state index in [4.69, 9.17) is 9.47 Å². The molecule has 1 amide bonds. The molecule has 0 bridgehead atoms. The van der Waals surface area contributed by atoms with Crippen LogP contribution in [0.15, 0.2) is 0 Å². The van der Waals surface area contributed by atoms with Crippen LogP contribution in [0.5, 0.6) is 0 Å². The third-order valence-electron chi connectivity index (χ3n) is 3.16. The molecule has 2 aliphatic heterocycles. The van der Waals surface area contributed by atoms with E-state index in [1.54, 1.807) is 13.8 Å². The summed E-state index contributed by atoms with van der Waals surface area (Å²) in [7, 11) is 0. The molecule has 0 aromatic rings. The van der Waals surface area contributed by atoms with Gasteiger partial charge in [-0.05, 0) is 20.3 Å². The second-order valence-corrected chi connectivity index (χ2v) is 5.02. The Hall–Kier alpha value is -0.690. The predicted octanol–water partition coefficient (Wildman–Crippen LogP) is -0.862. The Morgan fingerprint density at radius 2 is 2.18 bits per heavy atom. The van der Waals surface area contributed by atoms with E-state index < -0.39 is 30.1 Å². The summed E-state index contributed by atoms with van der Waals surface area (Å²) in [4.78, 5) is 11.4. The Kier molecular flexibility index (Phi) is 3.40. The second-order valence-electron chi connectivity index (χ2n) is 5.02. The van der Waals surface area contributed by atoms with Gasteiger partial charge in [0.2, 0.25) is 5.91 Å². The molecule has 17 heavy (non-hydrogen) atoms. The standard InChI is InChI=1S/C11H19NO5/c1-11(2)16-7(5-13)10(17-11)9-6(14)3-4-8(15)12-9/h6-7,9-10,13-14H,3-5H2,1-2H3,(H,12,15)/t6-,7-,9-,10+/m0/s1. The maximum Gasteiger partial charge on any atom is 0.220 e. The lowest BCUT2D eigenvalue weighted by Gasteiger charge is -2.34. The Morgan fingerprint density at radius 1 is 1.47 bits per heavy atom. The molecule has 0 radical (unpaired) electrons. The highest BCUT2D eigenvalue weighted by Gasteiger charge is 2.48. The molecule has 2 heterocycles. The molecular weight excluding hydrogens is 226 g/mol. The zero-order chi connectivity index (χ0) is 12.6. The minimum Gasteiger partial charge on any atom is -0.394 e. The van der Waals surface area contributed by atoms with Crippen molar-refractivity contribution in [3.63, 3.8) is 0 Å². The largest absolute Gasteiger partial charge is 0.394 e. The van der Waals surface area contributed by atoms with Crippen LogP contribution in [0.3, 0.4) is 0 Å². The lowest BCUT2D eigenvalue weighted by molar-refractivity contribution is -0.156. The summed E-state index contributed by atoms with van der Waals surface area (Å²) in [5.41, 5.74) is 0. The predicted molar refractivity (Wildman–Crippen MR) is 58.1 cm³/mol. The first-order valence-corrected chi connectivity index (χ1v) is 5.87. The summed E-state index contributed by atoms with van der Waals surface area (Å²) in [5.74, 6) is -0.912. The number of hydrogen-bond donors (Lipinski definition) is 3. The summed E-state index contributed by atoms with van der Waals surface area (Å²) in [6, 6.07) is -0.518. The van der Waals surface area contributed by atoms with Crippen LogP contribution in [0.1, 0.15) is 26.7 Å². The van der Waals surface area contributed by atoms with Gasteiger partial charge in [-0.2, -0.15) is 0 Å². The number of rotatable bonds is 2. The molecule has 98 valence electrons. The Balaban J connectivity index is 2.12. The number of hydrogen-bond acceptors (Lipinski definition) is 5. The molecule has 6 nitrogen and oxygen atoms in total. The van der Waals surface area contributed by atoms with Gasteiger partial charge in [0, 0.05) is 6.42 Å². The topological polar surface area (TPSA) is 88.0 Å². The molecule has 2 saturated heterocycles. The van der Waals surface area contributed by atoms with Gasteiger partial charge < -0.3 is 25.0 Å². The van der Waals surface area contributed by atoms with E-state index in [0.29, 0.717) is 12.8 Å². The molecule has 2 fully saturated rings. The van der Waals surface area contributed by atoms with Crippen LogP contribution >= 0.6 is 0 Å². The van der Waals surface area contributed by atoms with Gasteiger partial charge in [-0.1, -0.05) is 0 Å². The summed E-state index contributed by atoms with van der Waals surface area (Å²) in [6.45, 7) is 3.28. The average Bonchev–Trinajstić information content (AvgIpc) is 2.57. The van der Waals surface area contributed by atoms with Crippen LogP contribution in [-0.4, -0.2) is 52.9 Å². The fraction of sp³-hybridized carbons (Fsp3) is 0.909. The van der Waals surface area contributed by atoms with Gasteiger partial charge in [0.25, 0.3) is 0 Å². The minimum absolute atomic E-state index is 0.106. The van der Waals surface area contributed by atoms with Gasteiger partial charge >= 0.3 is 0 Å². The van der Waals surface area contributed by atoms with Crippen LogP contribution < -0.4 is 5.32 Å². The number of carbonyl (C=O) groups excluding carboxylic acids is 1. The number of ether oxygens (including phenoxy) is 2. The van der Waals surface area contributed by atoms with Gasteiger partial charge in [0.05, 0.1) is 18.8 Å². The van der Waals surface area contributed by atoms with Crippen molar-refractivity contribution in [1.82, 2.24) is 5.32 Å². The normalized spacial score (nSPS) is 41.3. The monoisotopic (exact) mass is 245 g/mol. The minimum atomic E-state index is -0.806. The fourth-order valence-electron chi connectivity index (χ4n) is 2.42. The third kappa shape index (κ3) is 2.60. The maximum absolute atomic E-state index is 11.4. The number of nitrogens with one attached hydrogen (secondary N) is 1. The number of aliphatic hydroxyl groups is 2. The smallest absolute Gasteiger partial charge is 0.220 e.